The molecule has 0 aliphatic heterocycles. The fraction of sp³-hybridized carbons (Fsp3) is 0.923. The molecule has 0 unspecified atom stereocenters. The zero-order chi connectivity index (χ0) is 10.7. The maximum atomic E-state index is 9.46. The predicted octanol–water partition coefficient (Wildman–Crippen LogP) is 2.87. The van der Waals surface area contributed by atoms with E-state index < -0.39 is 0 Å². The Morgan fingerprint density at radius 2 is 1.27 bits per heavy atom. The third-order valence-corrected chi connectivity index (χ3v) is 4.36. The van der Waals surface area contributed by atoms with Crippen molar-refractivity contribution in [3.63, 3.8) is 0 Å². The number of hydrogen-bond acceptors (Lipinski definition) is 2. The van der Waals surface area contributed by atoms with E-state index in [2.05, 4.69) is 6.07 Å². The predicted molar refractivity (Wildman–Crippen MR) is 59.0 cm³/mol. The van der Waals surface area contributed by atoms with Crippen LogP contribution in [-0.4, -0.2) is 11.2 Å². The summed E-state index contributed by atoms with van der Waals surface area (Å²) in [5.41, 5.74) is 0. The standard InChI is InChI=1S/C13H21NO/c14-9-10-1-3-11(4-2-10)12-5-7-13(15)8-6-12/h10-13,15H,1-8H2. The Labute approximate surface area is 92.3 Å². The van der Waals surface area contributed by atoms with E-state index in [9.17, 15) is 5.11 Å². The summed E-state index contributed by atoms with van der Waals surface area (Å²) < 4.78 is 0. The van der Waals surface area contributed by atoms with Gasteiger partial charge in [0.15, 0.2) is 0 Å². The SMILES string of the molecule is N#CC1CCC(C2CCC(O)CC2)CC1. The Bertz CT molecular complexity index is 229. The third-order valence-electron chi connectivity index (χ3n) is 4.36. The van der Waals surface area contributed by atoms with Crippen LogP contribution in [0.2, 0.25) is 0 Å². The molecule has 2 heteroatoms. The molecule has 2 rings (SSSR count). The molecule has 0 atom stereocenters. The van der Waals surface area contributed by atoms with Gasteiger partial charge in [-0.1, -0.05) is 0 Å². The molecule has 2 aliphatic carbocycles. The lowest BCUT2D eigenvalue weighted by Gasteiger charge is -2.35. The molecule has 2 saturated carbocycles. The summed E-state index contributed by atoms with van der Waals surface area (Å²) in [6, 6.07) is 2.39. The first kappa shape index (κ1) is 11.0. The molecule has 0 amide bonds. The van der Waals surface area contributed by atoms with E-state index in [1.54, 1.807) is 0 Å². The van der Waals surface area contributed by atoms with Crippen molar-refractivity contribution in [2.75, 3.05) is 0 Å². The van der Waals surface area contributed by atoms with Crippen LogP contribution in [0.1, 0.15) is 51.4 Å². The van der Waals surface area contributed by atoms with Crippen LogP contribution in [0.15, 0.2) is 0 Å². The van der Waals surface area contributed by atoms with Gasteiger partial charge in [0.25, 0.3) is 0 Å². The monoisotopic (exact) mass is 207 g/mol. The molecule has 2 nitrogen and oxygen atoms in total. The van der Waals surface area contributed by atoms with Crippen molar-refractivity contribution in [3.8, 4) is 6.07 Å². The number of nitriles is 1. The fourth-order valence-corrected chi connectivity index (χ4v) is 3.29. The normalized spacial score (nSPS) is 42.1. The Morgan fingerprint density at radius 3 is 1.73 bits per heavy atom. The average molecular weight is 207 g/mol. The number of nitrogens with zero attached hydrogens (tertiary/aromatic N) is 1. The van der Waals surface area contributed by atoms with Crippen molar-refractivity contribution in [1.29, 1.82) is 5.26 Å². The maximum Gasteiger partial charge on any atom is 0.0655 e. The highest BCUT2D eigenvalue weighted by atomic mass is 16.3. The first-order chi connectivity index (χ1) is 7.29. The van der Waals surface area contributed by atoms with Gasteiger partial charge in [-0.2, -0.15) is 5.26 Å². The molecular formula is C13H21NO. The van der Waals surface area contributed by atoms with Gasteiger partial charge in [-0.05, 0) is 63.2 Å². The second kappa shape index (κ2) is 4.99. The van der Waals surface area contributed by atoms with Gasteiger partial charge in [0.2, 0.25) is 0 Å². The summed E-state index contributed by atoms with van der Waals surface area (Å²) >= 11 is 0. The van der Waals surface area contributed by atoms with E-state index in [1.807, 2.05) is 0 Å². The van der Waals surface area contributed by atoms with Crippen LogP contribution in [-0.2, 0) is 0 Å². The summed E-state index contributed by atoms with van der Waals surface area (Å²) in [7, 11) is 0. The van der Waals surface area contributed by atoms with Crippen molar-refractivity contribution in [2.24, 2.45) is 17.8 Å². The first-order valence-corrected chi connectivity index (χ1v) is 6.37. The Hall–Kier alpha value is -0.550. The first-order valence-electron chi connectivity index (χ1n) is 6.37. The van der Waals surface area contributed by atoms with Crippen molar-refractivity contribution >= 4 is 0 Å². The maximum absolute atomic E-state index is 9.46. The molecule has 15 heavy (non-hydrogen) atoms. The second-order valence-corrected chi connectivity index (χ2v) is 5.31. The van der Waals surface area contributed by atoms with Crippen molar-refractivity contribution in [2.45, 2.75) is 57.5 Å². The molecule has 0 aromatic heterocycles. The molecule has 0 aromatic rings. The van der Waals surface area contributed by atoms with Crippen molar-refractivity contribution in [1.82, 2.24) is 0 Å². The number of aliphatic hydroxyl groups excluding tert-OH is 1. The van der Waals surface area contributed by atoms with Crippen LogP contribution in [0.5, 0.6) is 0 Å². The van der Waals surface area contributed by atoms with E-state index in [4.69, 9.17) is 5.26 Å². The zero-order valence-electron chi connectivity index (χ0n) is 9.36. The van der Waals surface area contributed by atoms with E-state index in [-0.39, 0.29) is 6.10 Å². The van der Waals surface area contributed by atoms with Crippen LogP contribution in [0.3, 0.4) is 0 Å². The summed E-state index contributed by atoms with van der Waals surface area (Å²) in [5, 5.41) is 18.3. The van der Waals surface area contributed by atoms with Gasteiger partial charge < -0.3 is 5.11 Å². The van der Waals surface area contributed by atoms with E-state index in [0.717, 1.165) is 37.5 Å². The van der Waals surface area contributed by atoms with E-state index in [1.165, 1.54) is 25.7 Å². The van der Waals surface area contributed by atoms with Gasteiger partial charge in [0.05, 0.1) is 12.2 Å². The molecule has 1 N–H and O–H groups in total. The second-order valence-electron chi connectivity index (χ2n) is 5.31. The molecule has 2 aliphatic rings. The minimum Gasteiger partial charge on any atom is -0.393 e. The summed E-state index contributed by atoms with van der Waals surface area (Å²) in [6.45, 7) is 0. The molecule has 0 heterocycles. The molecule has 0 spiro atoms. The van der Waals surface area contributed by atoms with Crippen LogP contribution in [0.4, 0.5) is 0 Å². The molecule has 2 fully saturated rings. The molecular weight excluding hydrogens is 186 g/mol. The Kier molecular flexibility index (Phi) is 3.64. The Morgan fingerprint density at radius 1 is 0.800 bits per heavy atom. The highest BCUT2D eigenvalue weighted by molar-refractivity contribution is 4.89. The van der Waals surface area contributed by atoms with Gasteiger partial charge in [-0.15, -0.1) is 0 Å². The minimum absolute atomic E-state index is 0.0308. The van der Waals surface area contributed by atoms with Crippen LogP contribution < -0.4 is 0 Å². The van der Waals surface area contributed by atoms with Crippen LogP contribution >= 0.6 is 0 Å². The quantitative estimate of drug-likeness (QED) is 0.718. The van der Waals surface area contributed by atoms with Gasteiger partial charge >= 0.3 is 0 Å². The topological polar surface area (TPSA) is 44.0 Å². The molecule has 0 radical (unpaired) electrons. The smallest absolute Gasteiger partial charge is 0.0655 e. The molecule has 0 saturated heterocycles. The highest BCUT2D eigenvalue weighted by Gasteiger charge is 2.30. The van der Waals surface area contributed by atoms with Gasteiger partial charge in [-0.3, -0.25) is 0 Å². The highest BCUT2D eigenvalue weighted by Crippen LogP contribution is 2.39. The number of aliphatic hydroxyl groups is 1. The fourth-order valence-electron chi connectivity index (χ4n) is 3.29. The lowest BCUT2D eigenvalue weighted by Crippen LogP contribution is -2.27. The Balaban J connectivity index is 1.78. The van der Waals surface area contributed by atoms with Gasteiger partial charge in [0, 0.05) is 5.92 Å². The van der Waals surface area contributed by atoms with E-state index in [0.29, 0.717) is 5.92 Å². The summed E-state index contributed by atoms with van der Waals surface area (Å²) in [4.78, 5) is 0. The lowest BCUT2D eigenvalue weighted by atomic mass is 9.71. The molecule has 84 valence electrons. The van der Waals surface area contributed by atoms with Crippen molar-refractivity contribution < 1.29 is 5.11 Å². The molecule has 0 aromatic carbocycles. The van der Waals surface area contributed by atoms with Crippen LogP contribution in [0, 0.1) is 29.1 Å². The van der Waals surface area contributed by atoms with Gasteiger partial charge in [0.1, 0.15) is 0 Å². The number of hydrogen-bond donors (Lipinski definition) is 1. The van der Waals surface area contributed by atoms with E-state index >= 15 is 0 Å². The largest absolute Gasteiger partial charge is 0.393 e. The van der Waals surface area contributed by atoms with Crippen molar-refractivity contribution in [3.05, 3.63) is 0 Å². The average Bonchev–Trinajstić information content (AvgIpc) is 2.30. The third kappa shape index (κ3) is 2.72. The summed E-state index contributed by atoms with van der Waals surface area (Å²) in [5.74, 6) is 2.02. The lowest BCUT2D eigenvalue weighted by molar-refractivity contribution is 0.0796. The number of rotatable bonds is 1. The van der Waals surface area contributed by atoms with Gasteiger partial charge in [-0.25, -0.2) is 0 Å². The summed E-state index contributed by atoms with van der Waals surface area (Å²) in [6.07, 6.45) is 9.12. The zero-order valence-corrected chi connectivity index (χ0v) is 9.36. The molecule has 0 bridgehead atoms. The van der Waals surface area contributed by atoms with Crippen LogP contribution in [0.25, 0.3) is 0 Å². The minimum atomic E-state index is -0.0308.